The van der Waals surface area contributed by atoms with E-state index in [2.05, 4.69) is 20.5 Å². The first kappa shape index (κ1) is 12.3. The van der Waals surface area contributed by atoms with Gasteiger partial charge in [0.05, 0.1) is 18.0 Å². The van der Waals surface area contributed by atoms with Crippen molar-refractivity contribution in [2.24, 2.45) is 5.84 Å². The van der Waals surface area contributed by atoms with Gasteiger partial charge < -0.3 is 15.9 Å². The number of halogens is 1. The molecular formula is C8H12ClN5O2. The van der Waals surface area contributed by atoms with E-state index < -0.39 is 6.09 Å². The Kier molecular flexibility index (Phi) is 4.15. The molecule has 0 fully saturated rings. The van der Waals surface area contributed by atoms with Crippen molar-refractivity contribution in [2.45, 2.75) is 6.92 Å². The Morgan fingerprint density at radius 3 is 2.94 bits per heavy atom. The fourth-order valence-electron chi connectivity index (χ4n) is 0.979. The number of carbonyl (C=O) groups is 1. The number of nitrogen functional groups attached to an aromatic ring is 2. The van der Waals surface area contributed by atoms with Gasteiger partial charge in [-0.3, -0.25) is 11.2 Å². The summed E-state index contributed by atoms with van der Waals surface area (Å²) in [6.07, 6.45) is -0.626. The van der Waals surface area contributed by atoms with Crippen LogP contribution in [0.1, 0.15) is 6.92 Å². The molecule has 0 saturated carbocycles. The van der Waals surface area contributed by atoms with Crippen LogP contribution in [0.25, 0.3) is 0 Å². The summed E-state index contributed by atoms with van der Waals surface area (Å²) >= 11 is 5.73. The lowest BCUT2D eigenvalue weighted by Crippen LogP contribution is -2.16. The molecule has 0 bridgehead atoms. The molecule has 1 amide bonds. The second kappa shape index (κ2) is 5.38. The van der Waals surface area contributed by atoms with Crippen LogP contribution in [-0.2, 0) is 4.74 Å². The van der Waals surface area contributed by atoms with Crippen LogP contribution in [-0.4, -0.2) is 17.7 Å². The number of hydrogen-bond acceptors (Lipinski definition) is 6. The highest BCUT2D eigenvalue weighted by Gasteiger charge is 2.09. The predicted octanol–water partition coefficient (Wildman–Crippen LogP) is 1.17. The smallest absolute Gasteiger partial charge is 0.412 e. The summed E-state index contributed by atoms with van der Waals surface area (Å²) in [5.74, 6) is 5.42. The second-order valence-corrected chi connectivity index (χ2v) is 3.11. The van der Waals surface area contributed by atoms with Crippen LogP contribution >= 0.6 is 11.6 Å². The Morgan fingerprint density at radius 2 is 2.38 bits per heavy atom. The number of nitrogens with zero attached hydrogens (tertiary/aromatic N) is 1. The van der Waals surface area contributed by atoms with Crippen molar-refractivity contribution in [1.29, 1.82) is 0 Å². The van der Waals surface area contributed by atoms with E-state index in [0.717, 1.165) is 0 Å². The lowest BCUT2D eigenvalue weighted by atomic mass is 10.3. The lowest BCUT2D eigenvalue weighted by Gasteiger charge is -2.09. The van der Waals surface area contributed by atoms with E-state index in [-0.39, 0.29) is 23.3 Å². The number of hydrazine groups is 1. The van der Waals surface area contributed by atoms with Gasteiger partial charge in [0.25, 0.3) is 0 Å². The molecule has 6 N–H and O–H groups in total. The van der Waals surface area contributed by atoms with Gasteiger partial charge in [-0.2, -0.15) is 0 Å². The fourth-order valence-corrected chi connectivity index (χ4v) is 1.17. The lowest BCUT2D eigenvalue weighted by molar-refractivity contribution is 0.168. The molecule has 0 aliphatic heterocycles. The van der Waals surface area contributed by atoms with E-state index in [0.29, 0.717) is 5.69 Å². The Hall–Kier alpha value is -1.73. The Balaban J connectivity index is 2.89. The zero-order chi connectivity index (χ0) is 12.1. The van der Waals surface area contributed by atoms with Crippen LogP contribution in [0.2, 0.25) is 5.15 Å². The average molecular weight is 246 g/mol. The second-order valence-electron chi connectivity index (χ2n) is 2.75. The van der Waals surface area contributed by atoms with Gasteiger partial charge in [0, 0.05) is 6.07 Å². The van der Waals surface area contributed by atoms with Crippen LogP contribution in [0.5, 0.6) is 0 Å². The number of carbonyl (C=O) groups excluding carboxylic acids is 1. The number of ether oxygens (including phenoxy) is 1. The molecule has 0 spiro atoms. The van der Waals surface area contributed by atoms with Gasteiger partial charge in [-0.15, -0.1) is 0 Å². The van der Waals surface area contributed by atoms with Crippen molar-refractivity contribution in [3.05, 3.63) is 11.2 Å². The number of nitrogens with one attached hydrogen (secondary N) is 2. The van der Waals surface area contributed by atoms with Gasteiger partial charge in [-0.1, -0.05) is 11.6 Å². The number of rotatable bonds is 3. The Labute approximate surface area is 97.1 Å². The highest BCUT2D eigenvalue weighted by atomic mass is 35.5. The molecule has 0 aliphatic rings. The van der Waals surface area contributed by atoms with Crippen LogP contribution in [0.15, 0.2) is 6.07 Å². The number of amides is 1. The standard InChI is InChI=1S/C8H12ClN5O2/c1-2-16-8(15)13-5-3-4(14-11)6(10)7(9)12-5/h3H,2,10-11H2,1H3,(H2,12,13,14,15). The van der Waals surface area contributed by atoms with Gasteiger partial charge in [0.2, 0.25) is 0 Å². The van der Waals surface area contributed by atoms with Gasteiger partial charge in [0.1, 0.15) is 5.82 Å². The zero-order valence-electron chi connectivity index (χ0n) is 8.58. The molecule has 7 nitrogen and oxygen atoms in total. The van der Waals surface area contributed by atoms with E-state index in [1.54, 1.807) is 6.92 Å². The minimum atomic E-state index is -0.626. The molecule has 0 aliphatic carbocycles. The maximum absolute atomic E-state index is 11.1. The minimum Gasteiger partial charge on any atom is -0.450 e. The van der Waals surface area contributed by atoms with Crippen LogP contribution in [0.4, 0.5) is 22.0 Å². The molecule has 1 heterocycles. The summed E-state index contributed by atoms with van der Waals surface area (Å²) < 4.78 is 4.67. The van der Waals surface area contributed by atoms with Crippen LogP contribution < -0.4 is 22.3 Å². The van der Waals surface area contributed by atoms with E-state index >= 15 is 0 Å². The molecule has 1 aromatic heterocycles. The van der Waals surface area contributed by atoms with Gasteiger partial charge in [-0.05, 0) is 6.92 Å². The fraction of sp³-hybridized carbons (Fsp3) is 0.250. The Bertz CT molecular complexity index is 398. The summed E-state index contributed by atoms with van der Waals surface area (Å²) in [5, 5.41) is 2.42. The monoisotopic (exact) mass is 245 g/mol. The third kappa shape index (κ3) is 2.88. The highest BCUT2D eigenvalue weighted by Crippen LogP contribution is 2.27. The SMILES string of the molecule is CCOC(=O)Nc1cc(NN)c(N)c(Cl)n1. The summed E-state index contributed by atoms with van der Waals surface area (Å²) in [5.41, 5.74) is 8.49. The molecule has 8 heteroatoms. The van der Waals surface area contributed by atoms with Crippen molar-refractivity contribution in [2.75, 3.05) is 23.1 Å². The summed E-state index contributed by atoms with van der Waals surface area (Å²) in [7, 11) is 0. The number of pyridine rings is 1. The molecular weight excluding hydrogens is 234 g/mol. The third-order valence-corrected chi connectivity index (χ3v) is 1.96. The largest absolute Gasteiger partial charge is 0.450 e. The topological polar surface area (TPSA) is 115 Å². The summed E-state index contributed by atoms with van der Waals surface area (Å²) in [6.45, 7) is 1.95. The molecule has 0 saturated heterocycles. The summed E-state index contributed by atoms with van der Waals surface area (Å²) in [6, 6.07) is 1.44. The number of nitrogens with two attached hydrogens (primary N) is 2. The molecule has 0 radical (unpaired) electrons. The Morgan fingerprint density at radius 1 is 1.69 bits per heavy atom. The number of anilines is 3. The van der Waals surface area contributed by atoms with E-state index in [1.165, 1.54) is 6.07 Å². The van der Waals surface area contributed by atoms with Crippen molar-refractivity contribution in [3.63, 3.8) is 0 Å². The highest BCUT2D eigenvalue weighted by molar-refractivity contribution is 6.32. The van der Waals surface area contributed by atoms with Crippen molar-refractivity contribution < 1.29 is 9.53 Å². The molecule has 0 aromatic carbocycles. The average Bonchev–Trinajstić information content (AvgIpc) is 2.23. The van der Waals surface area contributed by atoms with Gasteiger partial charge in [0.15, 0.2) is 5.15 Å². The van der Waals surface area contributed by atoms with Gasteiger partial charge in [-0.25, -0.2) is 9.78 Å². The first-order valence-electron chi connectivity index (χ1n) is 4.44. The van der Waals surface area contributed by atoms with Crippen LogP contribution in [0, 0.1) is 0 Å². The molecule has 1 aromatic rings. The predicted molar refractivity (Wildman–Crippen MR) is 62.1 cm³/mol. The van der Waals surface area contributed by atoms with Gasteiger partial charge >= 0.3 is 6.09 Å². The third-order valence-electron chi connectivity index (χ3n) is 1.67. The number of aromatic nitrogens is 1. The van der Waals surface area contributed by atoms with E-state index in [1.807, 2.05) is 0 Å². The maximum Gasteiger partial charge on any atom is 0.412 e. The minimum absolute atomic E-state index is 0.0437. The quantitative estimate of drug-likeness (QED) is 0.361. The summed E-state index contributed by atoms with van der Waals surface area (Å²) in [4.78, 5) is 14.9. The van der Waals surface area contributed by atoms with E-state index in [4.69, 9.17) is 23.2 Å². The molecule has 16 heavy (non-hydrogen) atoms. The maximum atomic E-state index is 11.1. The van der Waals surface area contributed by atoms with Crippen molar-refractivity contribution >= 4 is 34.9 Å². The first-order chi connectivity index (χ1) is 7.58. The van der Waals surface area contributed by atoms with Crippen LogP contribution in [0.3, 0.4) is 0 Å². The molecule has 1 rings (SSSR count). The zero-order valence-corrected chi connectivity index (χ0v) is 9.34. The normalized spacial score (nSPS) is 9.69. The molecule has 88 valence electrons. The number of hydrogen-bond donors (Lipinski definition) is 4. The van der Waals surface area contributed by atoms with E-state index in [9.17, 15) is 4.79 Å². The first-order valence-corrected chi connectivity index (χ1v) is 4.82. The van der Waals surface area contributed by atoms with Crippen molar-refractivity contribution in [1.82, 2.24) is 4.98 Å². The molecule has 0 unspecified atom stereocenters. The molecule has 0 atom stereocenters. The van der Waals surface area contributed by atoms with Crippen molar-refractivity contribution in [3.8, 4) is 0 Å².